The maximum atomic E-state index is 11.5. The highest BCUT2D eigenvalue weighted by Crippen LogP contribution is 2.11. The first-order valence-electron chi connectivity index (χ1n) is 4.85. The molecule has 0 heterocycles. The van der Waals surface area contributed by atoms with Gasteiger partial charge in [-0.3, -0.25) is 4.84 Å². The maximum absolute atomic E-state index is 11.5. The van der Waals surface area contributed by atoms with E-state index in [0.29, 0.717) is 0 Å². The minimum Gasteiger partial charge on any atom is -0.328 e. The molecule has 0 fully saturated rings. The molecule has 5 nitrogen and oxygen atoms in total. The summed E-state index contributed by atoms with van der Waals surface area (Å²) in [7, 11) is -2.31. The first kappa shape index (κ1) is 13.1. The molecule has 0 spiro atoms. The van der Waals surface area contributed by atoms with Gasteiger partial charge in [0.05, 0.1) is 12.0 Å². The second-order valence-electron chi connectivity index (χ2n) is 3.62. The third kappa shape index (κ3) is 3.57. The molecule has 0 unspecified atom stereocenters. The zero-order chi connectivity index (χ0) is 12.2. The topological polar surface area (TPSA) is 81.4 Å². The van der Waals surface area contributed by atoms with Crippen molar-refractivity contribution in [2.24, 2.45) is 5.73 Å². The Balaban J connectivity index is 2.87. The van der Waals surface area contributed by atoms with Crippen LogP contribution in [0.2, 0.25) is 0 Å². The predicted molar refractivity (Wildman–Crippen MR) is 61.1 cm³/mol. The molecule has 1 rings (SSSR count). The number of nitrogens with two attached hydrogens (primary N) is 1. The van der Waals surface area contributed by atoms with Crippen LogP contribution >= 0.6 is 0 Å². The van der Waals surface area contributed by atoms with Crippen LogP contribution in [0.3, 0.4) is 0 Å². The van der Waals surface area contributed by atoms with E-state index in [4.69, 9.17) is 5.73 Å². The molecule has 0 aromatic heterocycles. The van der Waals surface area contributed by atoms with Crippen LogP contribution < -0.4 is 10.6 Å². The van der Waals surface area contributed by atoms with Crippen molar-refractivity contribution < 1.29 is 13.3 Å². The van der Waals surface area contributed by atoms with E-state index in [1.807, 2.05) is 11.8 Å². The Kier molecular flexibility index (Phi) is 4.43. The first-order valence-corrected chi connectivity index (χ1v) is 6.33. The fourth-order valence-corrected chi connectivity index (χ4v) is 2.14. The summed E-state index contributed by atoms with van der Waals surface area (Å²) in [4.78, 5) is 6.51. The van der Waals surface area contributed by atoms with Crippen LogP contribution in [0.4, 0.5) is 0 Å². The third-order valence-corrected chi connectivity index (χ3v) is 3.26. The lowest BCUT2D eigenvalue weighted by atomic mass is 10.1. The standard InChI is InChI=1S/C10H16N2O3S/c1-8(11)7-9-3-5-10(6-4-9)16(13,14)12-15-2/h3-6,8,12H,7,11H2,1-2H3/t8-/m1/s1. The molecule has 16 heavy (non-hydrogen) atoms. The number of nitrogens with one attached hydrogen (secondary N) is 1. The van der Waals surface area contributed by atoms with Gasteiger partial charge in [0, 0.05) is 6.04 Å². The van der Waals surface area contributed by atoms with E-state index in [-0.39, 0.29) is 10.9 Å². The third-order valence-electron chi connectivity index (χ3n) is 1.98. The van der Waals surface area contributed by atoms with Crippen molar-refractivity contribution in [2.45, 2.75) is 24.3 Å². The molecular formula is C10H16N2O3S. The summed E-state index contributed by atoms with van der Waals surface area (Å²) in [6.07, 6.45) is 0.720. The Labute approximate surface area is 95.6 Å². The number of benzene rings is 1. The highest BCUT2D eigenvalue weighted by atomic mass is 32.2. The first-order chi connectivity index (χ1) is 7.45. The average molecular weight is 244 g/mol. The normalized spacial score (nSPS) is 13.7. The Hall–Kier alpha value is -0.950. The molecule has 0 amide bonds. The fraction of sp³-hybridized carbons (Fsp3) is 0.400. The Morgan fingerprint density at radius 2 is 1.94 bits per heavy atom. The minimum absolute atomic E-state index is 0.0551. The molecule has 0 radical (unpaired) electrons. The maximum Gasteiger partial charge on any atom is 0.262 e. The van der Waals surface area contributed by atoms with Crippen molar-refractivity contribution in [2.75, 3.05) is 7.11 Å². The van der Waals surface area contributed by atoms with Gasteiger partial charge in [-0.05, 0) is 31.0 Å². The number of rotatable bonds is 5. The van der Waals surface area contributed by atoms with E-state index in [2.05, 4.69) is 4.84 Å². The quantitative estimate of drug-likeness (QED) is 0.735. The molecule has 1 aromatic carbocycles. The summed E-state index contributed by atoms with van der Waals surface area (Å²) in [5.41, 5.74) is 6.65. The van der Waals surface area contributed by atoms with Gasteiger partial charge in [-0.25, -0.2) is 8.42 Å². The SMILES string of the molecule is CONS(=O)(=O)c1ccc(C[C@@H](C)N)cc1. The van der Waals surface area contributed by atoms with Gasteiger partial charge in [0.1, 0.15) is 0 Å². The highest BCUT2D eigenvalue weighted by molar-refractivity contribution is 7.89. The van der Waals surface area contributed by atoms with E-state index in [1.165, 1.54) is 19.2 Å². The summed E-state index contributed by atoms with van der Waals surface area (Å²) in [5.74, 6) is 0. The lowest BCUT2D eigenvalue weighted by molar-refractivity contribution is 0.153. The summed E-state index contributed by atoms with van der Waals surface area (Å²) in [5, 5.41) is 0. The molecule has 1 atom stereocenters. The Morgan fingerprint density at radius 1 is 1.38 bits per heavy atom. The summed E-state index contributed by atoms with van der Waals surface area (Å²) in [6, 6.07) is 6.60. The van der Waals surface area contributed by atoms with Gasteiger partial charge < -0.3 is 5.73 Å². The molecule has 90 valence electrons. The molecule has 0 aliphatic rings. The number of hydrogen-bond donors (Lipinski definition) is 2. The number of hydrogen-bond acceptors (Lipinski definition) is 4. The van der Waals surface area contributed by atoms with Crippen molar-refractivity contribution in [3.05, 3.63) is 29.8 Å². The van der Waals surface area contributed by atoms with E-state index in [1.54, 1.807) is 12.1 Å². The highest BCUT2D eigenvalue weighted by Gasteiger charge is 2.12. The van der Waals surface area contributed by atoms with Crippen molar-refractivity contribution in [1.82, 2.24) is 4.89 Å². The number of sulfonamides is 1. The van der Waals surface area contributed by atoms with Gasteiger partial charge in [0.2, 0.25) is 0 Å². The van der Waals surface area contributed by atoms with E-state index < -0.39 is 10.0 Å². The van der Waals surface area contributed by atoms with Gasteiger partial charge >= 0.3 is 0 Å². The summed E-state index contributed by atoms with van der Waals surface area (Å²) < 4.78 is 23.0. The van der Waals surface area contributed by atoms with Crippen molar-refractivity contribution >= 4 is 10.0 Å². The van der Waals surface area contributed by atoms with Crippen molar-refractivity contribution in [1.29, 1.82) is 0 Å². The average Bonchev–Trinajstić information content (AvgIpc) is 2.17. The van der Waals surface area contributed by atoms with Crippen molar-refractivity contribution in [3.63, 3.8) is 0 Å². The molecule has 0 saturated heterocycles. The summed E-state index contributed by atoms with van der Waals surface area (Å²) >= 11 is 0. The van der Waals surface area contributed by atoms with Gasteiger partial charge in [-0.1, -0.05) is 17.0 Å². The van der Waals surface area contributed by atoms with Crippen LogP contribution in [-0.4, -0.2) is 21.6 Å². The second kappa shape index (κ2) is 5.40. The zero-order valence-corrected chi connectivity index (χ0v) is 10.1. The minimum atomic E-state index is -3.56. The van der Waals surface area contributed by atoms with E-state index in [0.717, 1.165) is 12.0 Å². The monoisotopic (exact) mass is 244 g/mol. The van der Waals surface area contributed by atoms with Crippen LogP contribution in [-0.2, 0) is 21.3 Å². The molecular weight excluding hydrogens is 228 g/mol. The van der Waals surface area contributed by atoms with Gasteiger partial charge in [0.25, 0.3) is 10.0 Å². The predicted octanol–water partition coefficient (Wildman–Crippen LogP) is 0.416. The molecule has 1 aromatic rings. The molecule has 3 N–H and O–H groups in total. The molecule has 0 bridgehead atoms. The molecule has 0 aliphatic carbocycles. The largest absolute Gasteiger partial charge is 0.328 e. The lowest BCUT2D eigenvalue weighted by Crippen LogP contribution is -2.22. The van der Waals surface area contributed by atoms with E-state index >= 15 is 0 Å². The molecule has 0 aliphatic heterocycles. The van der Waals surface area contributed by atoms with Gasteiger partial charge in [-0.2, -0.15) is 0 Å². The smallest absolute Gasteiger partial charge is 0.262 e. The van der Waals surface area contributed by atoms with Gasteiger partial charge in [0.15, 0.2) is 0 Å². The fourth-order valence-electron chi connectivity index (χ4n) is 1.33. The molecule has 6 heteroatoms. The van der Waals surface area contributed by atoms with Gasteiger partial charge in [-0.15, -0.1) is 0 Å². The Morgan fingerprint density at radius 3 is 2.38 bits per heavy atom. The molecule has 0 saturated carbocycles. The second-order valence-corrected chi connectivity index (χ2v) is 5.26. The van der Waals surface area contributed by atoms with E-state index in [9.17, 15) is 8.42 Å². The lowest BCUT2D eigenvalue weighted by Gasteiger charge is -2.07. The van der Waals surface area contributed by atoms with Crippen LogP contribution in [0.1, 0.15) is 12.5 Å². The van der Waals surface area contributed by atoms with Crippen LogP contribution in [0, 0.1) is 0 Å². The van der Waals surface area contributed by atoms with Crippen LogP contribution in [0.15, 0.2) is 29.2 Å². The zero-order valence-electron chi connectivity index (χ0n) is 9.30. The van der Waals surface area contributed by atoms with Crippen LogP contribution in [0.5, 0.6) is 0 Å². The van der Waals surface area contributed by atoms with Crippen LogP contribution in [0.25, 0.3) is 0 Å². The van der Waals surface area contributed by atoms with Crippen molar-refractivity contribution in [3.8, 4) is 0 Å². The Bertz CT molecular complexity index is 426. The summed E-state index contributed by atoms with van der Waals surface area (Å²) in [6.45, 7) is 1.90.